The number of ether oxygens (including phenoxy) is 1. The number of hydrogen-bond acceptors (Lipinski definition) is 10. The second kappa shape index (κ2) is 9.46. The lowest BCUT2D eigenvalue weighted by atomic mass is 10.2. The Balaban J connectivity index is 1.76. The van der Waals surface area contributed by atoms with Crippen LogP contribution in [0, 0.1) is 0 Å². The number of benzene rings is 1. The Labute approximate surface area is 184 Å². The molecule has 1 aliphatic rings. The molecule has 0 aliphatic carbocycles. The molecule has 0 bridgehead atoms. The van der Waals surface area contributed by atoms with Crippen molar-refractivity contribution in [2.75, 3.05) is 24.4 Å². The molecule has 174 valence electrons. The van der Waals surface area contributed by atoms with E-state index in [1.807, 2.05) is 0 Å². The number of hydrogen-bond donors (Lipinski definition) is 1. The van der Waals surface area contributed by atoms with Gasteiger partial charge in [-0.1, -0.05) is 18.2 Å². The van der Waals surface area contributed by atoms with E-state index in [-0.39, 0.29) is 12.2 Å². The van der Waals surface area contributed by atoms with Crippen molar-refractivity contribution >= 4 is 32.0 Å². The molecule has 1 aromatic carbocycles. The monoisotopic (exact) mass is 487 g/mol. The largest absolute Gasteiger partial charge is 0.351 e. The molecule has 1 aromatic heterocycles. The Morgan fingerprint density at radius 3 is 2.44 bits per heavy atom. The van der Waals surface area contributed by atoms with E-state index in [9.17, 15) is 26.4 Å². The minimum atomic E-state index is -3.89. The van der Waals surface area contributed by atoms with Gasteiger partial charge in [0.25, 0.3) is 26.1 Å². The zero-order valence-electron chi connectivity index (χ0n) is 17.1. The second-order valence-corrected chi connectivity index (χ2v) is 10.3. The van der Waals surface area contributed by atoms with Gasteiger partial charge >= 0.3 is 5.69 Å². The lowest BCUT2D eigenvalue weighted by Crippen LogP contribution is -2.31. The predicted molar refractivity (Wildman–Crippen MR) is 112 cm³/mol. The van der Waals surface area contributed by atoms with Crippen LogP contribution in [0.1, 0.15) is 23.0 Å². The van der Waals surface area contributed by atoms with Crippen LogP contribution >= 0.6 is 0 Å². The van der Waals surface area contributed by atoms with E-state index in [1.165, 1.54) is 12.3 Å². The zero-order chi connectivity index (χ0) is 23.5. The first-order chi connectivity index (χ1) is 14.9. The standard InChI is InChI=1S/C18H21N3O9S2/c1-31(24,25)28-11-14-13(30-32(2,26)27)10-16(29-14)21-9-8-15(20-18(21)23)19-17(22)12-6-4-3-5-7-12/h3-9,13-14,16H,10-11H2,1-2H3,(H,19,20,22,23)/t13-,14+,16+/m1/s1. The van der Waals surface area contributed by atoms with Gasteiger partial charge < -0.3 is 10.1 Å². The molecule has 2 aromatic rings. The summed E-state index contributed by atoms with van der Waals surface area (Å²) in [6.07, 6.45) is -0.237. The Kier molecular flexibility index (Phi) is 7.09. The van der Waals surface area contributed by atoms with Gasteiger partial charge in [0.2, 0.25) is 0 Å². The normalized spacial score (nSPS) is 21.4. The lowest BCUT2D eigenvalue weighted by Gasteiger charge is -2.17. The van der Waals surface area contributed by atoms with Crippen LogP contribution < -0.4 is 11.0 Å². The van der Waals surface area contributed by atoms with E-state index in [2.05, 4.69) is 10.3 Å². The van der Waals surface area contributed by atoms with Crippen LogP contribution in [0.4, 0.5) is 5.82 Å². The molecule has 1 saturated heterocycles. The highest BCUT2D eigenvalue weighted by Crippen LogP contribution is 2.31. The van der Waals surface area contributed by atoms with Crippen LogP contribution in [0.3, 0.4) is 0 Å². The van der Waals surface area contributed by atoms with E-state index in [4.69, 9.17) is 13.1 Å². The summed E-state index contributed by atoms with van der Waals surface area (Å²) in [6, 6.07) is 9.71. The van der Waals surface area contributed by atoms with Gasteiger partial charge in [0.1, 0.15) is 24.3 Å². The Morgan fingerprint density at radius 1 is 1.16 bits per heavy atom. The van der Waals surface area contributed by atoms with Gasteiger partial charge in [-0.05, 0) is 18.2 Å². The summed E-state index contributed by atoms with van der Waals surface area (Å²) in [6.45, 7) is -0.497. The fourth-order valence-electron chi connectivity index (χ4n) is 3.02. The van der Waals surface area contributed by atoms with Gasteiger partial charge in [-0.15, -0.1) is 0 Å². The summed E-state index contributed by atoms with van der Waals surface area (Å²) in [5.41, 5.74) is -0.393. The van der Waals surface area contributed by atoms with Crippen molar-refractivity contribution in [1.29, 1.82) is 0 Å². The second-order valence-electron chi connectivity index (χ2n) is 7.02. The fraction of sp³-hybridized carbons (Fsp3) is 0.389. The molecular formula is C18H21N3O9S2. The maximum atomic E-state index is 12.5. The minimum absolute atomic E-state index is 0.0130. The number of amides is 1. The molecule has 0 spiro atoms. The topological polar surface area (TPSA) is 160 Å². The lowest BCUT2D eigenvalue weighted by molar-refractivity contribution is -0.0351. The van der Waals surface area contributed by atoms with Crippen LogP contribution in [0.2, 0.25) is 0 Å². The van der Waals surface area contributed by atoms with Gasteiger partial charge in [-0.2, -0.15) is 21.8 Å². The summed E-state index contributed by atoms with van der Waals surface area (Å²) in [7, 11) is -7.71. The molecule has 2 heterocycles. The first-order valence-electron chi connectivity index (χ1n) is 9.25. The summed E-state index contributed by atoms with van der Waals surface area (Å²) in [4.78, 5) is 28.5. The molecule has 3 rings (SSSR count). The quantitative estimate of drug-likeness (QED) is 0.506. The van der Waals surface area contributed by atoms with Crippen molar-refractivity contribution in [2.24, 2.45) is 0 Å². The van der Waals surface area contributed by atoms with Gasteiger partial charge in [-0.3, -0.25) is 17.7 Å². The van der Waals surface area contributed by atoms with Gasteiger partial charge in [0.05, 0.1) is 19.1 Å². The third kappa shape index (κ3) is 6.67. The minimum Gasteiger partial charge on any atom is -0.349 e. The summed E-state index contributed by atoms with van der Waals surface area (Å²) in [5, 5.41) is 2.51. The van der Waals surface area contributed by atoms with Crippen LogP contribution in [-0.4, -0.2) is 63.6 Å². The highest BCUT2D eigenvalue weighted by Gasteiger charge is 2.40. The molecule has 0 saturated carbocycles. The average molecular weight is 488 g/mol. The van der Waals surface area contributed by atoms with Crippen molar-refractivity contribution in [2.45, 2.75) is 24.9 Å². The van der Waals surface area contributed by atoms with E-state index in [1.54, 1.807) is 30.3 Å². The van der Waals surface area contributed by atoms with E-state index >= 15 is 0 Å². The van der Waals surface area contributed by atoms with Gasteiger partial charge in [0, 0.05) is 18.2 Å². The van der Waals surface area contributed by atoms with Crippen LogP contribution in [0.25, 0.3) is 0 Å². The molecule has 1 amide bonds. The highest BCUT2D eigenvalue weighted by atomic mass is 32.2. The number of anilines is 1. The van der Waals surface area contributed by atoms with Crippen LogP contribution in [0.15, 0.2) is 47.4 Å². The molecular weight excluding hydrogens is 466 g/mol. The SMILES string of the molecule is CS(=O)(=O)OC[C@@H]1O[C@H](n2ccc(NC(=O)c3ccccc3)nc2=O)C[C@H]1OS(C)(=O)=O. The van der Waals surface area contributed by atoms with Crippen LogP contribution in [0.5, 0.6) is 0 Å². The molecule has 1 N–H and O–H groups in total. The highest BCUT2D eigenvalue weighted by molar-refractivity contribution is 7.86. The third-order valence-electron chi connectivity index (χ3n) is 4.34. The molecule has 32 heavy (non-hydrogen) atoms. The maximum absolute atomic E-state index is 12.5. The Morgan fingerprint density at radius 2 is 1.84 bits per heavy atom. The van der Waals surface area contributed by atoms with Gasteiger partial charge in [0.15, 0.2) is 0 Å². The first-order valence-corrected chi connectivity index (χ1v) is 12.9. The van der Waals surface area contributed by atoms with Crippen molar-refractivity contribution in [3.05, 3.63) is 58.6 Å². The number of carbonyl (C=O) groups excluding carboxylic acids is 1. The van der Waals surface area contributed by atoms with E-state index < -0.39 is 56.9 Å². The fourth-order valence-corrected chi connectivity index (χ4v) is 4.05. The number of aromatic nitrogens is 2. The van der Waals surface area contributed by atoms with Crippen molar-refractivity contribution in [3.63, 3.8) is 0 Å². The van der Waals surface area contributed by atoms with Crippen molar-refractivity contribution < 1.29 is 34.7 Å². The molecule has 0 radical (unpaired) electrons. The first kappa shape index (κ1) is 24.0. The summed E-state index contributed by atoms with van der Waals surface area (Å²) < 4.78 is 62.0. The smallest absolute Gasteiger partial charge is 0.349 e. The Bertz CT molecular complexity index is 1240. The summed E-state index contributed by atoms with van der Waals surface area (Å²) in [5.74, 6) is -0.439. The Hall–Kier alpha value is -2.65. The maximum Gasteiger partial charge on any atom is 0.351 e. The van der Waals surface area contributed by atoms with E-state index in [0.717, 1.165) is 17.1 Å². The molecule has 1 fully saturated rings. The average Bonchev–Trinajstić information content (AvgIpc) is 3.07. The number of nitrogens with one attached hydrogen (secondary N) is 1. The predicted octanol–water partition coefficient (Wildman–Crippen LogP) is 0.104. The molecule has 14 heteroatoms. The third-order valence-corrected chi connectivity index (χ3v) is 5.50. The molecule has 0 unspecified atom stereocenters. The van der Waals surface area contributed by atoms with Gasteiger partial charge in [-0.25, -0.2) is 4.79 Å². The molecule has 12 nitrogen and oxygen atoms in total. The number of nitrogens with zero attached hydrogens (tertiary/aromatic N) is 2. The van der Waals surface area contributed by atoms with E-state index in [0.29, 0.717) is 5.56 Å². The van der Waals surface area contributed by atoms with Crippen molar-refractivity contribution in [1.82, 2.24) is 9.55 Å². The number of rotatable bonds is 8. The van der Waals surface area contributed by atoms with Crippen LogP contribution in [-0.2, 0) is 33.3 Å². The molecule has 3 atom stereocenters. The summed E-state index contributed by atoms with van der Waals surface area (Å²) >= 11 is 0. The zero-order valence-corrected chi connectivity index (χ0v) is 18.7. The van der Waals surface area contributed by atoms with Crippen molar-refractivity contribution in [3.8, 4) is 0 Å². The number of carbonyl (C=O) groups is 1. The molecule has 1 aliphatic heterocycles.